The Hall–Kier alpha value is -2.07. The molecule has 0 unspecified atom stereocenters. The van der Waals surface area contributed by atoms with Gasteiger partial charge in [0.15, 0.2) is 0 Å². The lowest BCUT2D eigenvalue weighted by atomic mass is 10.2. The van der Waals surface area contributed by atoms with E-state index in [1.54, 1.807) is 6.08 Å². The molecule has 0 atom stereocenters. The van der Waals surface area contributed by atoms with E-state index < -0.39 is 0 Å². The predicted octanol–water partition coefficient (Wildman–Crippen LogP) is 4.17. The van der Waals surface area contributed by atoms with Gasteiger partial charge in [0.25, 0.3) is 0 Å². The fourth-order valence-electron chi connectivity index (χ4n) is 0.860. The summed E-state index contributed by atoms with van der Waals surface area (Å²) in [5, 5.41) is 8.38. The van der Waals surface area contributed by atoms with E-state index in [4.69, 9.17) is 5.26 Å². The van der Waals surface area contributed by atoms with Crippen LogP contribution in [0.4, 0.5) is 0 Å². The van der Waals surface area contributed by atoms with Crippen LogP contribution in [0.15, 0.2) is 61.2 Å². The van der Waals surface area contributed by atoms with Gasteiger partial charge in [-0.3, -0.25) is 0 Å². The lowest BCUT2D eigenvalue weighted by Gasteiger charge is -1.88. The van der Waals surface area contributed by atoms with Gasteiger partial charge in [-0.25, -0.2) is 0 Å². The number of allylic oxidation sites excluding steroid dienone is 4. The third-order valence-corrected chi connectivity index (χ3v) is 1.70. The summed E-state index contributed by atoms with van der Waals surface area (Å²) in [4.78, 5) is 0. The molecule has 82 valence electrons. The monoisotopic (exact) mass is 211 g/mol. The highest BCUT2D eigenvalue weighted by Crippen LogP contribution is 1.99. The van der Waals surface area contributed by atoms with Gasteiger partial charge in [-0.1, -0.05) is 54.7 Å². The van der Waals surface area contributed by atoms with Crippen molar-refractivity contribution in [2.75, 3.05) is 0 Å². The average Bonchev–Trinajstić information content (AvgIpc) is 2.28. The van der Waals surface area contributed by atoms with Crippen LogP contribution in [0.5, 0.6) is 0 Å². The summed E-state index contributed by atoms with van der Waals surface area (Å²) < 4.78 is 0. The summed E-state index contributed by atoms with van der Waals surface area (Å²) in [6.45, 7) is 11.1. The first kappa shape index (κ1) is 13.9. The average molecular weight is 211 g/mol. The molecule has 0 fully saturated rings. The maximum atomic E-state index is 8.38. The van der Waals surface area contributed by atoms with E-state index in [0.29, 0.717) is 0 Å². The molecule has 0 aromatic heterocycles. The molecule has 0 saturated carbocycles. The van der Waals surface area contributed by atoms with Crippen LogP contribution in [0, 0.1) is 18.3 Å². The molecule has 0 heterocycles. The summed E-state index contributed by atoms with van der Waals surface area (Å²) >= 11 is 0. The normalized spacial score (nSPS) is 8.81. The van der Waals surface area contributed by atoms with E-state index in [1.807, 2.05) is 50.3 Å². The lowest BCUT2D eigenvalue weighted by molar-refractivity contribution is 1.43. The van der Waals surface area contributed by atoms with Gasteiger partial charge in [0.2, 0.25) is 0 Å². The zero-order chi connectivity index (χ0) is 12.4. The molecule has 1 nitrogen and oxygen atoms in total. The predicted molar refractivity (Wildman–Crippen MR) is 70.0 cm³/mol. The second-order valence-corrected chi connectivity index (χ2v) is 3.42. The molecular weight excluding hydrogens is 194 g/mol. The summed E-state index contributed by atoms with van der Waals surface area (Å²) in [7, 11) is 0. The van der Waals surface area contributed by atoms with Crippen LogP contribution in [0.1, 0.15) is 18.1 Å². The standard InChI is InChI=1S/C8H7N.C7H10/c1-7-2-4-8(6-9)5-3-7;1-4-5-6-7(2)3/h2-5H,1H3;4-6H,1-2H2,3H3/b;6-5-. The van der Waals surface area contributed by atoms with Gasteiger partial charge in [-0.05, 0) is 26.0 Å². The van der Waals surface area contributed by atoms with Gasteiger partial charge in [0, 0.05) is 0 Å². The van der Waals surface area contributed by atoms with Crippen LogP contribution < -0.4 is 0 Å². The summed E-state index contributed by atoms with van der Waals surface area (Å²) in [5.41, 5.74) is 2.97. The van der Waals surface area contributed by atoms with Gasteiger partial charge in [-0.15, -0.1) is 0 Å². The van der Waals surface area contributed by atoms with Gasteiger partial charge in [-0.2, -0.15) is 5.26 Å². The number of aryl methyl sites for hydroxylation is 1. The topological polar surface area (TPSA) is 23.8 Å². The molecule has 1 aromatic rings. The molecule has 1 heteroatoms. The largest absolute Gasteiger partial charge is 0.192 e. The van der Waals surface area contributed by atoms with Crippen molar-refractivity contribution in [3.05, 3.63) is 72.4 Å². The first-order valence-corrected chi connectivity index (χ1v) is 5.01. The van der Waals surface area contributed by atoms with E-state index in [2.05, 4.69) is 19.2 Å². The molecule has 0 aliphatic carbocycles. The number of nitriles is 1. The molecule has 0 aliphatic heterocycles. The first-order chi connectivity index (χ1) is 7.60. The van der Waals surface area contributed by atoms with Gasteiger partial charge in [0.1, 0.15) is 0 Å². The van der Waals surface area contributed by atoms with Crippen molar-refractivity contribution in [3.63, 3.8) is 0 Å². The van der Waals surface area contributed by atoms with Crippen molar-refractivity contribution in [2.45, 2.75) is 13.8 Å². The molecule has 0 spiro atoms. The van der Waals surface area contributed by atoms with E-state index >= 15 is 0 Å². The zero-order valence-electron chi connectivity index (χ0n) is 9.90. The Morgan fingerprint density at radius 1 is 1.31 bits per heavy atom. The van der Waals surface area contributed by atoms with Crippen LogP contribution in [-0.4, -0.2) is 0 Å². The molecule has 1 rings (SSSR count). The second-order valence-electron chi connectivity index (χ2n) is 3.42. The third-order valence-electron chi connectivity index (χ3n) is 1.70. The summed E-state index contributed by atoms with van der Waals surface area (Å²) in [6.07, 6.45) is 5.50. The minimum Gasteiger partial charge on any atom is -0.192 e. The molecule has 1 aromatic carbocycles. The fraction of sp³-hybridized carbons (Fsp3) is 0.133. The first-order valence-electron chi connectivity index (χ1n) is 5.01. The van der Waals surface area contributed by atoms with Crippen LogP contribution >= 0.6 is 0 Å². The highest BCUT2D eigenvalue weighted by molar-refractivity contribution is 5.30. The minimum absolute atomic E-state index is 0.723. The highest BCUT2D eigenvalue weighted by Gasteiger charge is 1.84. The number of hydrogen-bond acceptors (Lipinski definition) is 1. The molecular formula is C15H17N. The van der Waals surface area contributed by atoms with Gasteiger partial charge >= 0.3 is 0 Å². The van der Waals surface area contributed by atoms with E-state index in [-0.39, 0.29) is 0 Å². The van der Waals surface area contributed by atoms with Crippen molar-refractivity contribution in [1.82, 2.24) is 0 Å². The second kappa shape index (κ2) is 8.26. The van der Waals surface area contributed by atoms with Crippen LogP contribution in [-0.2, 0) is 0 Å². The Labute approximate surface area is 98.0 Å². The summed E-state index contributed by atoms with van der Waals surface area (Å²) in [6, 6.07) is 9.54. The molecule has 0 bridgehead atoms. The van der Waals surface area contributed by atoms with E-state index in [0.717, 1.165) is 11.1 Å². The van der Waals surface area contributed by atoms with Crippen molar-refractivity contribution in [2.24, 2.45) is 0 Å². The van der Waals surface area contributed by atoms with Gasteiger partial charge in [0.05, 0.1) is 11.6 Å². The quantitative estimate of drug-likeness (QED) is 0.673. The Morgan fingerprint density at radius 3 is 2.19 bits per heavy atom. The van der Waals surface area contributed by atoms with Crippen molar-refractivity contribution in [3.8, 4) is 6.07 Å². The maximum absolute atomic E-state index is 8.38. The molecule has 0 saturated heterocycles. The number of benzene rings is 1. The fourth-order valence-corrected chi connectivity index (χ4v) is 0.860. The molecule has 16 heavy (non-hydrogen) atoms. The van der Waals surface area contributed by atoms with Crippen LogP contribution in [0.25, 0.3) is 0 Å². The van der Waals surface area contributed by atoms with Gasteiger partial charge < -0.3 is 0 Å². The number of hydrogen-bond donors (Lipinski definition) is 0. The smallest absolute Gasteiger partial charge is 0.0991 e. The Kier molecular flexibility index (Phi) is 7.19. The van der Waals surface area contributed by atoms with Crippen molar-refractivity contribution in [1.29, 1.82) is 5.26 Å². The Bertz CT molecular complexity index is 402. The zero-order valence-corrected chi connectivity index (χ0v) is 9.90. The number of nitrogens with zero attached hydrogens (tertiary/aromatic N) is 1. The molecule has 0 N–H and O–H groups in total. The molecule has 0 radical (unpaired) electrons. The third kappa shape index (κ3) is 7.34. The van der Waals surface area contributed by atoms with Crippen molar-refractivity contribution >= 4 is 0 Å². The molecule has 0 amide bonds. The Balaban J connectivity index is 0.000000293. The minimum atomic E-state index is 0.723. The van der Waals surface area contributed by atoms with Crippen LogP contribution in [0.2, 0.25) is 0 Å². The van der Waals surface area contributed by atoms with Crippen molar-refractivity contribution < 1.29 is 0 Å². The molecule has 0 aliphatic rings. The van der Waals surface area contributed by atoms with E-state index in [1.165, 1.54) is 5.56 Å². The van der Waals surface area contributed by atoms with E-state index in [9.17, 15) is 0 Å². The summed E-state index contributed by atoms with van der Waals surface area (Å²) in [5.74, 6) is 0. The maximum Gasteiger partial charge on any atom is 0.0991 e. The SMILES string of the molecule is C=C/C=C\C(=C)C.Cc1ccc(C#N)cc1. The van der Waals surface area contributed by atoms with Crippen LogP contribution in [0.3, 0.4) is 0 Å². The lowest BCUT2D eigenvalue weighted by Crippen LogP contribution is -1.72. The highest BCUT2D eigenvalue weighted by atomic mass is 14.2. The number of rotatable bonds is 2. The Morgan fingerprint density at radius 2 is 1.88 bits per heavy atom.